The molecular formula is C36H67N2. The van der Waals surface area contributed by atoms with Gasteiger partial charge in [-0.25, -0.2) is 9.97 Å². The van der Waals surface area contributed by atoms with Crippen LogP contribution in [0, 0.1) is 6.92 Å². The van der Waals surface area contributed by atoms with Crippen molar-refractivity contribution < 1.29 is 0 Å². The molecule has 2 heteroatoms. The van der Waals surface area contributed by atoms with E-state index in [1.54, 1.807) is 0 Å². The molecule has 0 unspecified atom stereocenters. The molecule has 0 fully saturated rings. The molecule has 0 N–H and O–H groups in total. The van der Waals surface area contributed by atoms with Crippen LogP contribution in [0.3, 0.4) is 0 Å². The van der Waals surface area contributed by atoms with E-state index in [-0.39, 0.29) is 0 Å². The number of unbranched alkanes of at least 4 members (excludes halogenated alkanes) is 21. The molecule has 0 saturated heterocycles. The Balaban J connectivity index is 2.64. The van der Waals surface area contributed by atoms with Crippen molar-refractivity contribution in [3.63, 3.8) is 0 Å². The average molecular weight is 528 g/mol. The lowest BCUT2D eigenvalue weighted by Gasteiger charge is -2.16. The van der Waals surface area contributed by atoms with Crippen LogP contribution in [0.25, 0.3) is 0 Å². The van der Waals surface area contributed by atoms with Gasteiger partial charge in [0.05, 0.1) is 0 Å². The zero-order valence-corrected chi connectivity index (χ0v) is 26.4. The number of aromatic nitrogens is 2. The van der Waals surface area contributed by atoms with Crippen LogP contribution in [-0.2, 0) is 25.7 Å². The van der Waals surface area contributed by atoms with Gasteiger partial charge in [-0.15, -0.1) is 0 Å². The summed E-state index contributed by atoms with van der Waals surface area (Å²) in [7, 11) is 0. The number of rotatable bonds is 28. The smallest absolute Gasteiger partial charge is 0.128 e. The monoisotopic (exact) mass is 528 g/mol. The third-order valence-corrected chi connectivity index (χ3v) is 8.26. The van der Waals surface area contributed by atoms with E-state index in [0.29, 0.717) is 6.42 Å². The summed E-state index contributed by atoms with van der Waals surface area (Å²) in [4.78, 5) is 10.1. The molecule has 1 radical (unpaired) electrons. The van der Waals surface area contributed by atoms with E-state index in [0.717, 1.165) is 18.7 Å². The summed E-state index contributed by atoms with van der Waals surface area (Å²) >= 11 is 0. The van der Waals surface area contributed by atoms with Gasteiger partial charge in [-0.05, 0) is 51.0 Å². The summed E-state index contributed by atoms with van der Waals surface area (Å²) in [5, 5.41) is 0. The van der Waals surface area contributed by atoms with E-state index in [1.165, 1.54) is 177 Å². The van der Waals surface area contributed by atoms with Crippen LogP contribution in [0.4, 0.5) is 0 Å². The first kappa shape index (κ1) is 35.1. The van der Waals surface area contributed by atoms with Crippen molar-refractivity contribution in [3.8, 4) is 0 Å². The maximum atomic E-state index is 5.07. The first-order valence-electron chi connectivity index (χ1n) is 17.4. The quantitative estimate of drug-likeness (QED) is 0.101. The Labute approximate surface area is 240 Å². The predicted octanol–water partition coefficient (Wildman–Crippen LogP) is 11.9. The Morgan fingerprint density at radius 3 is 1.00 bits per heavy atom. The molecule has 0 amide bonds. The summed E-state index contributed by atoms with van der Waals surface area (Å²) in [6, 6.07) is 0. The van der Waals surface area contributed by atoms with Gasteiger partial charge in [0.25, 0.3) is 0 Å². The maximum Gasteiger partial charge on any atom is 0.128 e. The van der Waals surface area contributed by atoms with Gasteiger partial charge in [-0.1, -0.05) is 156 Å². The number of nitrogens with zero attached hydrogens (tertiary/aromatic N) is 2. The molecule has 0 spiro atoms. The molecule has 0 bridgehead atoms. The van der Waals surface area contributed by atoms with E-state index in [4.69, 9.17) is 9.97 Å². The highest BCUT2D eigenvalue weighted by Crippen LogP contribution is 2.22. The summed E-state index contributed by atoms with van der Waals surface area (Å²) in [5.41, 5.74) is 4.28. The lowest BCUT2D eigenvalue weighted by atomic mass is 9.96. The Kier molecular flexibility index (Phi) is 24.3. The van der Waals surface area contributed by atoms with Crippen LogP contribution in [0.2, 0.25) is 0 Å². The maximum absolute atomic E-state index is 5.07. The fourth-order valence-corrected chi connectivity index (χ4v) is 5.74. The van der Waals surface area contributed by atoms with Gasteiger partial charge in [0.2, 0.25) is 0 Å². The fraction of sp³-hybridized carbons (Fsp3) is 0.861. The minimum absolute atomic E-state index is 0.715. The minimum atomic E-state index is 0.715. The third kappa shape index (κ3) is 18.4. The first-order chi connectivity index (χ1) is 18.8. The van der Waals surface area contributed by atoms with E-state index in [1.807, 2.05) is 0 Å². The van der Waals surface area contributed by atoms with Crippen LogP contribution < -0.4 is 0 Å². The minimum Gasteiger partial charge on any atom is -0.238 e. The van der Waals surface area contributed by atoms with E-state index < -0.39 is 0 Å². The van der Waals surface area contributed by atoms with Gasteiger partial charge in [-0.3, -0.25) is 0 Å². The Morgan fingerprint density at radius 2 is 0.684 bits per heavy atom. The molecule has 0 aliphatic carbocycles. The van der Waals surface area contributed by atoms with E-state index >= 15 is 0 Å². The zero-order chi connectivity index (χ0) is 27.5. The van der Waals surface area contributed by atoms with Crippen LogP contribution in [0.15, 0.2) is 0 Å². The molecular weight excluding hydrogens is 460 g/mol. The molecule has 0 atom stereocenters. The van der Waals surface area contributed by atoms with Crippen LogP contribution in [0.5, 0.6) is 0 Å². The predicted molar refractivity (Wildman–Crippen MR) is 170 cm³/mol. The number of aryl methyl sites for hydroxylation is 2. The molecule has 0 aliphatic rings. The number of hydrogen-bond donors (Lipinski definition) is 0. The molecule has 2 nitrogen and oxygen atoms in total. The van der Waals surface area contributed by atoms with Gasteiger partial charge in [0.15, 0.2) is 0 Å². The molecule has 1 heterocycles. The van der Waals surface area contributed by atoms with Gasteiger partial charge < -0.3 is 0 Å². The van der Waals surface area contributed by atoms with Crippen molar-refractivity contribution in [1.29, 1.82) is 0 Å². The first-order valence-corrected chi connectivity index (χ1v) is 17.4. The molecule has 0 aliphatic heterocycles. The van der Waals surface area contributed by atoms with Crippen molar-refractivity contribution in [3.05, 3.63) is 29.7 Å². The molecule has 0 aromatic carbocycles. The molecule has 0 saturated carbocycles. The van der Waals surface area contributed by atoms with Gasteiger partial charge in [-0.2, -0.15) is 0 Å². The summed E-state index contributed by atoms with van der Waals surface area (Å²) in [6.45, 7) is 11.1. The second-order valence-corrected chi connectivity index (χ2v) is 11.9. The third-order valence-electron chi connectivity index (χ3n) is 8.26. The summed E-state index contributed by atoms with van der Waals surface area (Å²) in [6.07, 6.45) is 37.2. The highest BCUT2D eigenvalue weighted by atomic mass is 14.9. The Bertz CT molecular complexity index is 597. The average Bonchev–Trinajstić information content (AvgIpc) is 2.93. The van der Waals surface area contributed by atoms with Crippen LogP contribution >= 0.6 is 0 Å². The fourth-order valence-electron chi connectivity index (χ4n) is 5.74. The second-order valence-electron chi connectivity index (χ2n) is 11.9. The largest absolute Gasteiger partial charge is 0.238 e. The molecule has 38 heavy (non-hydrogen) atoms. The van der Waals surface area contributed by atoms with Gasteiger partial charge >= 0.3 is 0 Å². The molecule has 221 valence electrons. The second kappa shape index (κ2) is 26.3. The Hall–Kier alpha value is -0.920. The topological polar surface area (TPSA) is 25.8 Å². The van der Waals surface area contributed by atoms with Gasteiger partial charge in [0.1, 0.15) is 5.82 Å². The van der Waals surface area contributed by atoms with Gasteiger partial charge in [0, 0.05) is 17.8 Å². The lowest BCUT2D eigenvalue weighted by molar-refractivity contribution is 0.561. The zero-order valence-electron chi connectivity index (χ0n) is 26.4. The highest BCUT2D eigenvalue weighted by molar-refractivity contribution is 5.27. The van der Waals surface area contributed by atoms with Crippen molar-refractivity contribution in [2.45, 2.75) is 201 Å². The lowest BCUT2D eigenvalue weighted by Crippen LogP contribution is -2.11. The molecule has 1 aromatic rings. The van der Waals surface area contributed by atoms with Crippen molar-refractivity contribution >= 4 is 0 Å². The Morgan fingerprint density at radius 1 is 0.395 bits per heavy atom. The van der Waals surface area contributed by atoms with Crippen LogP contribution in [0.1, 0.15) is 198 Å². The van der Waals surface area contributed by atoms with Crippen molar-refractivity contribution in [2.24, 2.45) is 0 Å². The molecule has 1 aromatic heterocycles. The van der Waals surface area contributed by atoms with Crippen LogP contribution in [-0.4, -0.2) is 9.97 Å². The molecule has 1 rings (SSSR count). The van der Waals surface area contributed by atoms with Crippen molar-refractivity contribution in [1.82, 2.24) is 9.97 Å². The number of hydrogen-bond acceptors (Lipinski definition) is 2. The summed E-state index contributed by atoms with van der Waals surface area (Å²) < 4.78 is 0. The van der Waals surface area contributed by atoms with E-state index in [9.17, 15) is 0 Å². The van der Waals surface area contributed by atoms with E-state index in [2.05, 4.69) is 27.7 Å². The summed E-state index contributed by atoms with van der Waals surface area (Å²) in [5.74, 6) is 0.980. The SMILES string of the molecule is [CH2]Cc1nc(CCCCCCCCCC)c(CCCCCCCCCC)c(CCCCCCCCCC)n1. The standard InChI is InChI=1S/C36H67N2/c1-5-9-12-15-18-21-24-27-30-33-34(31-28-25-22-19-16-13-10-6-2)37-36(8-4)38-35(33)32-29-26-23-20-17-14-11-7-3/h4-32H2,1-3H3. The van der Waals surface area contributed by atoms with Crippen molar-refractivity contribution in [2.75, 3.05) is 0 Å². The normalized spacial score (nSPS) is 11.5. The highest BCUT2D eigenvalue weighted by Gasteiger charge is 2.14.